The molecule has 4 aliphatic heterocycles. The summed E-state index contributed by atoms with van der Waals surface area (Å²) in [6.45, 7) is 10.4. The zero-order chi connectivity index (χ0) is 25.6. The number of thioether (sulfide) groups is 1. The van der Waals surface area contributed by atoms with Crippen molar-refractivity contribution in [2.45, 2.75) is 115 Å². The number of aryl methyl sites for hydroxylation is 1. The summed E-state index contributed by atoms with van der Waals surface area (Å²) in [5, 5.41) is 13.7. The van der Waals surface area contributed by atoms with E-state index in [4.69, 9.17) is 4.98 Å². The topological polar surface area (TPSA) is 73.6 Å². The van der Waals surface area contributed by atoms with E-state index < -0.39 is 6.23 Å². The summed E-state index contributed by atoms with van der Waals surface area (Å²) in [7, 11) is 0. The highest BCUT2D eigenvalue weighted by atomic mass is 32.2. The maximum atomic E-state index is 13.7. The molecule has 200 valence electrons. The Hall–Kier alpha value is -1.42. The average molecular weight is 520 g/mol. The van der Waals surface area contributed by atoms with Gasteiger partial charge >= 0.3 is 0 Å². The number of nitrogens with one attached hydrogen (secondary N) is 1. The number of aliphatic hydroxyl groups is 1. The molecule has 2 bridgehead atoms. The minimum absolute atomic E-state index is 0.00108. The van der Waals surface area contributed by atoms with Crippen LogP contribution in [0.4, 0.5) is 4.39 Å². The van der Waals surface area contributed by atoms with Crippen LogP contribution in [0.2, 0.25) is 0 Å². The summed E-state index contributed by atoms with van der Waals surface area (Å²) in [5.74, 6) is 1.29. The van der Waals surface area contributed by atoms with E-state index in [0.717, 1.165) is 56.8 Å². The van der Waals surface area contributed by atoms with Crippen molar-refractivity contribution < 1.29 is 14.3 Å². The van der Waals surface area contributed by atoms with Gasteiger partial charge < -0.3 is 15.0 Å². The van der Waals surface area contributed by atoms with Gasteiger partial charge in [-0.1, -0.05) is 25.6 Å². The molecular formula is C27H42FN5O2S. The first-order valence-electron chi connectivity index (χ1n) is 13.7. The van der Waals surface area contributed by atoms with Crippen LogP contribution < -0.4 is 5.32 Å². The molecule has 1 amide bonds. The van der Waals surface area contributed by atoms with Crippen LogP contribution in [-0.4, -0.2) is 73.1 Å². The summed E-state index contributed by atoms with van der Waals surface area (Å²) in [5.41, 5.74) is 2.51. The van der Waals surface area contributed by atoms with Crippen molar-refractivity contribution in [3.8, 4) is 0 Å². The van der Waals surface area contributed by atoms with Crippen molar-refractivity contribution in [2.75, 3.05) is 13.1 Å². The lowest BCUT2D eigenvalue weighted by Gasteiger charge is -2.41. The van der Waals surface area contributed by atoms with Gasteiger partial charge in [0.1, 0.15) is 12.1 Å². The van der Waals surface area contributed by atoms with Gasteiger partial charge in [0.15, 0.2) is 5.16 Å². The smallest absolute Gasteiger partial charge is 0.217 e. The Morgan fingerprint density at radius 2 is 2.00 bits per heavy atom. The standard InChI is InChI=1S/C27H42FN5O2S/c1-16(2)27(35)31-11-10-24-23(15-31)29-17(3)33(24)21-13-19-5-6-20(14-21)32(19)12-9-22(30-18(4)34)25-7-8-26(28)36-25/h8,16,19-22,25,27,35H,5-7,9-15H2,1-4H3,(H,30,34)/t19?,20?,21?,22-,25?,27?/m0/s1. The average Bonchev–Trinajstić information content (AvgIpc) is 3.47. The number of aliphatic hydroxyl groups excluding tert-OH is 1. The summed E-state index contributed by atoms with van der Waals surface area (Å²) in [4.78, 5) is 21.6. The molecule has 4 unspecified atom stereocenters. The van der Waals surface area contributed by atoms with Crippen molar-refractivity contribution >= 4 is 17.7 Å². The van der Waals surface area contributed by atoms with Gasteiger partial charge in [-0.3, -0.25) is 14.6 Å². The number of halogens is 1. The molecule has 9 heteroatoms. The van der Waals surface area contributed by atoms with Crippen molar-refractivity contribution in [3.05, 3.63) is 28.4 Å². The van der Waals surface area contributed by atoms with Gasteiger partial charge in [0.05, 0.1) is 5.69 Å². The molecule has 5 heterocycles. The number of piperidine rings is 1. The van der Waals surface area contributed by atoms with E-state index in [0.29, 0.717) is 24.5 Å². The van der Waals surface area contributed by atoms with Crippen molar-refractivity contribution in [2.24, 2.45) is 5.92 Å². The number of amides is 1. The summed E-state index contributed by atoms with van der Waals surface area (Å²) >= 11 is 1.27. The molecule has 1 aromatic heterocycles. The fourth-order valence-electron chi connectivity index (χ4n) is 7.11. The zero-order valence-corrected chi connectivity index (χ0v) is 22.9. The molecule has 0 radical (unpaired) electrons. The first-order valence-corrected chi connectivity index (χ1v) is 14.6. The molecule has 0 spiro atoms. The molecule has 0 aromatic carbocycles. The van der Waals surface area contributed by atoms with Gasteiger partial charge in [-0.05, 0) is 57.4 Å². The van der Waals surface area contributed by atoms with Gasteiger partial charge in [-0.15, -0.1) is 0 Å². The largest absolute Gasteiger partial charge is 0.378 e. The third-order valence-corrected chi connectivity index (χ3v) is 9.98. The fourth-order valence-corrected chi connectivity index (χ4v) is 8.15. The van der Waals surface area contributed by atoms with Crippen LogP contribution in [-0.2, 0) is 17.8 Å². The second-order valence-electron chi connectivity index (χ2n) is 11.5. The van der Waals surface area contributed by atoms with E-state index in [9.17, 15) is 14.3 Å². The number of hydrogen-bond acceptors (Lipinski definition) is 6. The van der Waals surface area contributed by atoms with Crippen LogP contribution in [0.1, 0.15) is 82.6 Å². The van der Waals surface area contributed by atoms with E-state index in [-0.39, 0.29) is 28.3 Å². The quantitative estimate of drug-likeness (QED) is 0.543. The number of hydrogen-bond donors (Lipinski definition) is 2. The third-order valence-electron chi connectivity index (χ3n) is 8.76. The molecule has 4 aliphatic rings. The second kappa shape index (κ2) is 10.8. The number of carbonyl (C=O) groups is 1. The van der Waals surface area contributed by atoms with Gasteiger partial charge in [0, 0.05) is 68.1 Å². The van der Waals surface area contributed by atoms with Crippen LogP contribution >= 0.6 is 11.8 Å². The fraction of sp³-hybridized carbons (Fsp3) is 0.778. The van der Waals surface area contributed by atoms with Crippen molar-refractivity contribution in [3.63, 3.8) is 0 Å². The monoisotopic (exact) mass is 519 g/mol. The number of fused-ring (bicyclic) bond motifs is 3. The van der Waals surface area contributed by atoms with Crippen LogP contribution in [0.25, 0.3) is 0 Å². The minimum Gasteiger partial charge on any atom is -0.378 e. The lowest BCUT2D eigenvalue weighted by molar-refractivity contribution is -0.119. The molecule has 1 aromatic rings. The highest BCUT2D eigenvalue weighted by Gasteiger charge is 2.43. The van der Waals surface area contributed by atoms with Crippen LogP contribution in [0.5, 0.6) is 0 Å². The molecule has 0 aliphatic carbocycles. The molecule has 7 nitrogen and oxygen atoms in total. The number of rotatable bonds is 8. The van der Waals surface area contributed by atoms with E-state index in [1.54, 1.807) is 13.0 Å². The Balaban J connectivity index is 1.23. The maximum absolute atomic E-state index is 13.7. The van der Waals surface area contributed by atoms with Crippen LogP contribution in [0, 0.1) is 12.8 Å². The highest BCUT2D eigenvalue weighted by molar-refractivity contribution is 8.03. The molecular weight excluding hydrogens is 477 g/mol. The van der Waals surface area contributed by atoms with Gasteiger partial charge in [0.2, 0.25) is 5.91 Å². The van der Waals surface area contributed by atoms with Crippen molar-refractivity contribution in [1.82, 2.24) is 24.7 Å². The minimum atomic E-state index is -0.418. The lowest BCUT2D eigenvalue weighted by atomic mass is 9.95. The van der Waals surface area contributed by atoms with Crippen molar-refractivity contribution in [1.29, 1.82) is 0 Å². The van der Waals surface area contributed by atoms with E-state index in [1.165, 1.54) is 30.3 Å². The zero-order valence-electron chi connectivity index (χ0n) is 22.1. The Bertz CT molecular complexity index is 983. The number of aromatic nitrogens is 2. The van der Waals surface area contributed by atoms with Crippen LogP contribution in [0.3, 0.4) is 0 Å². The Morgan fingerprint density at radius 1 is 1.28 bits per heavy atom. The third kappa shape index (κ3) is 5.26. The number of nitrogens with zero attached hydrogens (tertiary/aromatic N) is 4. The van der Waals surface area contributed by atoms with Gasteiger partial charge in [-0.2, -0.15) is 4.39 Å². The first kappa shape index (κ1) is 26.2. The molecule has 5 rings (SSSR count). The van der Waals surface area contributed by atoms with Gasteiger partial charge in [-0.25, -0.2) is 4.98 Å². The Kier molecular flexibility index (Phi) is 7.82. The first-order chi connectivity index (χ1) is 17.2. The predicted octanol–water partition coefficient (Wildman–Crippen LogP) is 3.90. The molecule has 36 heavy (non-hydrogen) atoms. The number of imidazole rings is 1. The summed E-state index contributed by atoms with van der Waals surface area (Å²) in [6.07, 6.45) is 8.45. The predicted molar refractivity (Wildman–Crippen MR) is 141 cm³/mol. The summed E-state index contributed by atoms with van der Waals surface area (Å²) in [6, 6.07) is 1.59. The van der Waals surface area contributed by atoms with E-state index >= 15 is 0 Å². The van der Waals surface area contributed by atoms with E-state index in [2.05, 4.69) is 40.5 Å². The van der Waals surface area contributed by atoms with Crippen LogP contribution in [0.15, 0.2) is 11.2 Å². The maximum Gasteiger partial charge on any atom is 0.217 e. The molecule has 2 N–H and O–H groups in total. The van der Waals surface area contributed by atoms with Gasteiger partial charge in [0.25, 0.3) is 0 Å². The normalized spacial score (nSPS) is 30.4. The number of allylic oxidation sites excluding steroid dienone is 1. The molecule has 2 saturated heterocycles. The summed E-state index contributed by atoms with van der Waals surface area (Å²) < 4.78 is 16.2. The Labute approximate surface area is 218 Å². The SMILES string of the molecule is CC(=O)N[C@@H](CCN1C2CCC1CC(n1c(C)nc3c1CCN(C(O)C(C)C)C3)C2)C1CC=C(F)S1. The number of carbonyl (C=O) groups excluding carboxylic acids is 1. The lowest BCUT2D eigenvalue weighted by Crippen LogP contribution is -2.48. The molecule has 0 saturated carbocycles. The van der Waals surface area contributed by atoms with E-state index in [1.807, 2.05) is 0 Å². The Morgan fingerprint density at radius 3 is 2.61 bits per heavy atom. The molecule has 5 atom stereocenters. The molecule has 2 fully saturated rings. The highest BCUT2D eigenvalue weighted by Crippen LogP contribution is 2.43. The second-order valence-corrected chi connectivity index (χ2v) is 12.8.